The van der Waals surface area contributed by atoms with Gasteiger partial charge < -0.3 is 10.1 Å². The molecule has 0 unspecified atom stereocenters. The smallest absolute Gasteiger partial charge is 0.334 e. The van der Waals surface area contributed by atoms with Crippen molar-refractivity contribution in [3.63, 3.8) is 0 Å². The number of amides is 5. The number of ether oxygens (including phenoxy) is 1. The molecule has 0 aromatic heterocycles. The number of imide groups is 2. The number of nitrogens with zero attached hydrogens (tertiary/aromatic N) is 2. The van der Waals surface area contributed by atoms with E-state index in [1.54, 1.807) is 31.2 Å². The van der Waals surface area contributed by atoms with Gasteiger partial charge in [0.1, 0.15) is 12.3 Å². The number of hydrogen-bond acceptors (Lipinski definition) is 5. The van der Waals surface area contributed by atoms with Crippen molar-refractivity contribution in [2.24, 2.45) is 0 Å². The fourth-order valence-corrected chi connectivity index (χ4v) is 2.01. The van der Waals surface area contributed by atoms with Crippen LogP contribution in [0.3, 0.4) is 0 Å². The molecule has 1 aromatic rings. The molecule has 2 rings (SSSR count). The lowest BCUT2D eigenvalue weighted by molar-refractivity contribution is -0.143. The summed E-state index contributed by atoms with van der Waals surface area (Å²) in [5.41, 5.74) is 0.460. The number of likely N-dealkylation sites (N-methyl/N-ethyl adjacent to an activating group) is 1. The van der Waals surface area contributed by atoms with Crippen molar-refractivity contribution >= 4 is 29.4 Å². The first-order valence-corrected chi connectivity index (χ1v) is 6.59. The minimum absolute atomic E-state index is 0.0808. The zero-order chi connectivity index (χ0) is 16.3. The van der Waals surface area contributed by atoms with Gasteiger partial charge >= 0.3 is 17.8 Å². The molecule has 1 heterocycles. The Morgan fingerprint density at radius 1 is 1.18 bits per heavy atom. The lowest BCUT2D eigenvalue weighted by Gasteiger charge is -2.14. The van der Waals surface area contributed by atoms with Gasteiger partial charge in [0.05, 0.1) is 7.11 Å². The molecule has 1 aromatic carbocycles. The highest BCUT2D eigenvalue weighted by Gasteiger charge is 2.44. The van der Waals surface area contributed by atoms with Gasteiger partial charge in [-0.05, 0) is 19.1 Å². The molecule has 1 saturated heterocycles. The largest absolute Gasteiger partial charge is 0.497 e. The molecule has 5 amide bonds. The number of benzene rings is 1. The Morgan fingerprint density at radius 3 is 2.45 bits per heavy atom. The second-order valence-corrected chi connectivity index (χ2v) is 4.50. The standard InChI is InChI=1S/C14H15N3O5/c1-3-16-12(19)13(20)17(14(16)21)8-11(18)15-9-5-4-6-10(7-9)22-2/h4-7H,3,8H2,1-2H3,(H,15,18). The average Bonchev–Trinajstić information content (AvgIpc) is 2.71. The molecule has 0 spiro atoms. The van der Waals surface area contributed by atoms with Crippen LogP contribution in [0.1, 0.15) is 6.92 Å². The number of carbonyl (C=O) groups excluding carboxylic acids is 4. The molecular formula is C14H15N3O5. The quantitative estimate of drug-likeness (QED) is 0.629. The second-order valence-electron chi connectivity index (χ2n) is 4.50. The molecule has 0 atom stereocenters. The zero-order valence-corrected chi connectivity index (χ0v) is 12.2. The van der Waals surface area contributed by atoms with Crippen molar-refractivity contribution < 1.29 is 23.9 Å². The van der Waals surface area contributed by atoms with Gasteiger partial charge in [-0.3, -0.25) is 19.3 Å². The molecule has 0 aliphatic carbocycles. The Balaban J connectivity index is 2.04. The molecule has 22 heavy (non-hydrogen) atoms. The molecule has 1 aliphatic rings. The molecule has 1 aliphatic heterocycles. The third kappa shape index (κ3) is 2.90. The normalized spacial score (nSPS) is 14.5. The Kier molecular flexibility index (Phi) is 4.40. The van der Waals surface area contributed by atoms with Gasteiger partial charge in [-0.2, -0.15) is 0 Å². The molecule has 0 bridgehead atoms. The van der Waals surface area contributed by atoms with Crippen molar-refractivity contribution in [2.45, 2.75) is 6.92 Å². The summed E-state index contributed by atoms with van der Waals surface area (Å²) in [6.07, 6.45) is 0. The minimum atomic E-state index is -0.993. The van der Waals surface area contributed by atoms with Crippen molar-refractivity contribution in [1.29, 1.82) is 0 Å². The number of urea groups is 1. The second kappa shape index (κ2) is 6.25. The van der Waals surface area contributed by atoms with Gasteiger partial charge in [0.15, 0.2) is 0 Å². The molecule has 1 N–H and O–H groups in total. The van der Waals surface area contributed by atoms with E-state index in [-0.39, 0.29) is 6.54 Å². The number of rotatable bonds is 5. The molecular weight excluding hydrogens is 290 g/mol. The molecule has 1 fully saturated rings. The third-order valence-corrected chi connectivity index (χ3v) is 3.11. The minimum Gasteiger partial charge on any atom is -0.497 e. The number of methoxy groups -OCH3 is 1. The van der Waals surface area contributed by atoms with Gasteiger partial charge in [-0.25, -0.2) is 9.69 Å². The van der Waals surface area contributed by atoms with E-state index in [0.717, 1.165) is 4.90 Å². The number of hydrogen-bond donors (Lipinski definition) is 1. The van der Waals surface area contributed by atoms with E-state index in [1.165, 1.54) is 7.11 Å². The summed E-state index contributed by atoms with van der Waals surface area (Å²) < 4.78 is 5.03. The predicted molar refractivity (Wildman–Crippen MR) is 76.1 cm³/mol. The Morgan fingerprint density at radius 2 is 1.86 bits per heavy atom. The van der Waals surface area contributed by atoms with Gasteiger partial charge in [0.25, 0.3) is 0 Å². The highest BCUT2D eigenvalue weighted by molar-refractivity contribution is 6.45. The van der Waals surface area contributed by atoms with E-state index >= 15 is 0 Å². The summed E-state index contributed by atoms with van der Waals surface area (Å²) in [5, 5.41) is 2.54. The summed E-state index contributed by atoms with van der Waals surface area (Å²) >= 11 is 0. The maximum atomic E-state index is 11.9. The van der Waals surface area contributed by atoms with Gasteiger partial charge in [0.2, 0.25) is 5.91 Å². The van der Waals surface area contributed by atoms with E-state index in [9.17, 15) is 19.2 Å². The number of carbonyl (C=O) groups is 4. The van der Waals surface area contributed by atoms with Crippen molar-refractivity contribution in [2.75, 3.05) is 25.5 Å². The van der Waals surface area contributed by atoms with E-state index in [1.807, 2.05) is 0 Å². The van der Waals surface area contributed by atoms with Crippen LogP contribution >= 0.6 is 0 Å². The molecule has 0 radical (unpaired) electrons. The third-order valence-electron chi connectivity index (χ3n) is 3.11. The summed E-state index contributed by atoms with van der Waals surface area (Å²) in [6.45, 7) is 1.14. The Bertz CT molecular complexity index is 643. The number of nitrogens with one attached hydrogen (secondary N) is 1. The van der Waals surface area contributed by atoms with Crippen molar-refractivity contribution in [1.82, 2.24) is 9.80 Å². The van der Waals surface area contributed by atoms with Gasteiger partial charge in [0, 0.05) is 18.3 Å². The van der Waals surface area contributed by atoms with Gasteiger partial charge in [-0.15, -0.1) is 0 Å². The maximum absolute atomic E-state index is 11.9. The van der Waals surface area contributed by atoms with Crippen LogP contribution in [-0.4, -0.2) is 53.8 Å². The summed E-state index contributed by atoms with van der Waals surface area (Å²) in [7, 11) is 1.49. The van der Waals surface area contributed by atoms with Crippen LogP contribution in [0, 0.1) is 0 Å². The van der Waals surface area contributed by atoms with Gasteiger partial charge in [-0.1, -0.05) is 6.07 Å². The van der Waals surface area contributed by atoms with E-state index < -0.39 is 30.3 Å². The lowest BCUT2D eigenvalue weighted by atomic mass is 10.3. The monoisotopic (exact) mass is 305 g/mol. The SMILES string of the molecule is CCN1C(=O)C(=O)N(CC(=O)Nc2cccc(OC)c2)C1=O. The highest BCUT2D eigenvalue weighted by atomic mass is 16.5. The van der Waals surface area contributed by atoms with Crippen LogP contribution in [0.5, 0.6) is 5.75 Å². The molecule has 0 saturated carbocycles. The average molecular weight is 305 g/mol. The summed E-state index contributed by atoms with van der Waals surface area (Å²) in [4.78, 5) is 48.4. The van der Waals surface area contributed by atoms with Crippen LogP contribution in [0.25, 0.3) is 0 Å². The predicted octanol–water partition coefficient (Wildman–Crippen LogP) is 0.444. The molecule has 8 heteroatoms. The maximum Gasteiger partial charge on any atom is 0.334 e. The zero-order valence-electron chi connectivity index (χ0n) is 12.2. The molecule has 8 nitrogen and oxygen atoms in total. The molecule has 116 valence electrons. The fourth-order valence-electron chi connectivity index (χ4n) is 2.01. The van der Waals surface area contributed by atoms with Crippen LogP contribution < -0.4 is 10.1 Å². The number of anilines is 1. The van der Waals surface area contributed by atoms with Crippen LogP contribution in [0.4, 0.5) is 10.5 Å². The van der Waals surface area contributed by atoms with E-state index in [2.05, 4.69) is 5.32 Å². The first-order chi connectivity index (χ1) is 10.5. The fraction of sp³-hybridized carbons (Fsp3) is 0.286. The van der Waals surface area contributed by atoms with E-state index in [4.69, 9.17) is 4.74 Å². The topological polar surface area (TPSA) is 96.0 Å². The van der Waals surface area contributed by atoms with E-state index in [0.29, 0.717) is 16.3 Å². The van der Waals surface area contributed by atoms with Crippen molar-refractivity contribution in [3.8, 4) is 5.75 Å². The van der Waals surface area contributed by atoms with Crippen LogP contribution in [0.2, 0.25) is 0 Å². The Hall–Kier alpha value is -2.90. The van der Waals surface area contributed by atoms with Crippen LogP contribution in [0.15, 0.2) is 24.3 Å². The van der Waals surface area contributed by atoms with Crippen molar-refractivity contribution in [3.05, 3.63) is 24.3 Å². The summed E-state index contributed by atoms with van der Waals surface area (Å²) in [6, 6.07) is 5.84. The first kappa shape index (κ1) is 15.5. The first-order valence-electron chi connectivity index (χ1n) is 6.59. The van der Waals surface area contributed by atoms with Crippen LogP contribution in [-0.2, 0) is 14.4 Å². The summed E-state index contributed by atoms with van der Waals surface area (Å²) in [5.74, 6) is -1.94. The lowest BCUT2D eigenvalue weighted by Crippen LogP contribution is -2.38. The highest BCUT2D eigenvalue weighted by Crippen LogP contribution is 2.17. The Labute approximate surface area is 126 Å².